The minimum atomic E-state index is -1.45. The van der Waals surface area contributed by atoms with Crippen LogP contribution in [0.15, 0.2) is 88.1 Å². The molecule has 0 aliphatic carbocycles. The van der Waals surface area contributed by atoms with Crippen molar-refractivity contribution in [2.24, 2.45) is 0 Å². The molecule has 12 heteroatoms. The summed E-state index contributed by atoms with van der Waals surface area (Å²) in [5.74, 6) is -0.534. The quantitative estimate of drug-likeness (QED) is 0.191. The van der Waals surface area contributed by atoms with Crippen LogP contribution in [0, 0.1) is 18.6 Å². The first-order valence-electron chi connectivity index (χ1n) is 15.0. The van der Waals surface area contributed by atoms with E-state index >= 15 is 0 Å². The van der Waals surface area contributed by atoms with Gasteiger partial charge in [-0.05, 0) is 72.6 Å². The van der Waals surface area contributed by atoms with Crippen LogP contribution in [0.1, 0.15) is 27.8 Å². The lowest BCUT2D eigenvalue weighted by atomic mass is 9.97. The molecule has 1 unspecified atom stereocenters. The molecule has 48 heavy (non-hydrogen) atoms. The van der Waals surface area contributed by atoms with Crippen LogP contribution in [0.2, 0.25) is 0 Å². The number of halogens is 2. The number of hydrogen-bond acceptors (Lipinski definition) is 6. The molecule has 0 aliphatic heterocycles. The van der Waals surface area contributed by atoms with Gasteiger partial charge in [-0.2, -0.15) is 0 Å². The largest absolute Gasteiger partial charge is 0.455 e. The second kappa shape index (κ2) is 13.1. The molecule has 2 heterocycles. The fraction of sp³-hybridized carbons (Fsp3) is 0.194. The smallest absolute Gasteiger partial charge is 0.262 e. The van der Waals surface area contributed by atoms with Crippen molar-refractivity contribution in [3.05, 3.63) is 118 Å². The average molecular weight is 671 g/mol. The maximum absolute atomic E-state index is 14.2. The first kappa shape index (κ1) is 32.7. The Morgan fingerprint density at radius 3 is 2.27 bits per heavy atom. The number of benzene rings is 4. The third-order valence-electron chi connectivity index (χ3n) is 8.37. The number of fused-ring (bicyclic) bond motifs is 2. The summed E-state index contributed by atoms with van der Waals surface area (Å²) in [6.45, 7) is 1.88. The molecule has 1 N–H and O–H groups in total. The molecule has 1 amide bonds. The molecule has 0 bridgehead atoms. The number of hydrogen-bond donors (Lipinski definition) is 1. The molecule has 4 aromatic carbocycles. The van der Waals surface area contributed by atoms with Crippen molar-refractivity contribution in [3.8, 4) is 22.5 Å². The third-order valence-corrected chi connectivity index (χ3v) is 9.34. The highest BCUT2D eigenvalue weighted by molar-refractivity contribution is 7.85. The molecule has 2 aromatic heterocycles. The summed E-state index contributed by atoms with van der Waals surface area (Å²) < 4.78 is 55.1. The zero-order chi connectivity index (χ0) is 34.3. The molecule has 0 fully saturated rings. The SMILES string of the molecule is CNC(=O)c1c(-c2ccc(F)cc2)oc2cc(N(C)S(C)=O)c(-c3ccc4nc(C)n([C@@H](COC)c5ccc(F)cc5)c(=O)c4c3)cc12. The van der Waals surface area contributed by atoms with Crippen molar-refractivity contribution >= 4 is 44.5 Å². The third kappa shape index (κ3) is 5.88. The predicted octanol–water partition coefficient (Wildman–Crippen LogP) is 6.39. The Balaban J connectivity index is 1.60. The lowest BCUT2D eigenvalue weighted by Crippen LogP contribution is -2.31. The Hall–Kier alpha value is -5.20. The van der Waals surface area contributed by atoms with E-state index in [0.29, 0.717) is 55.6 Å². The Labute approximate surface area is 277 Å². The molecular weight excluding hydrogens is 638 g/mol. The summed E-state index contributed by atoms with van der Waals surface area (Å²) in [4.78, 5) is 32.2. The van der Waals surface area contributed by atoms with E-state index in [9.17, 15) is 22.6 Å². The average Bonchev–Trinajstić information content (AvgIpc) is 3.45. The van der Waals surface area contributed by atoms with Crippen LogP contribution >= 0.6 is 0 Å². The molecule has 2 atom stereocenters. The fourth-order valence-corrected chi connectivity index (χ4v) is 6.35. The van der Waals surface area contributed by atoms with Gasteiger partial charge in [-0.25, -0.2) is 18.0 Å². The van der Waals surface area contributed by atoms with Gasteiger partial charge in [-0.15, -0.1) is 0 Å². The summed E-state index contributed by atoms with van der Waals surface area (Å²) >= 11 is 0. The number of carbonyl (C=O) groups is 1. The normalized spacial score (nSPS) is 12.7. The molecular formula is C36H32F2N4O5S. The van der Waals surface area contributed by atoms with Gasteiger partial charge in [0.15, 0.2) is 0 Å². The Morgan fingerprint density at radius 2 is 1.65 bits per heavy atom. The van der Waals surface area contributed by atoms with Crippen LogP contribution in [-0.4, -0.2) is 53.7 Å². The van der Waals surface area contributed by atoms with E-state index in [0.717, 1.165) is 0 Å². The first-order valence-corrected chi connectivity index (χ1v) is 16.5. The Morgan fingerprint density at radius 1 is 1.00 bits per heavy atom. The number of anilines is 1. The zero-order valence-corrected chi connectivity index (χ0v) is 27.7. The number of rotatable bonds is 9. The van der Waals surface area contributed by atoms with Gasteiger partial charge >= 0.3 is 0 Å². The minimum absolute atomic E-state index is 0.145. The number of aryl methyl sites for hydroxylation is 1. The van der Waals surface area contributed by atoms with Crippen LogP contribution in [0.5, 0.6) is 0 Å². The second-order valence-corrected chi connectivity index (χ2v) is 12.7. The predicted molar refractivity (Wildman–Crippen MR) is 184 cm³/mol. The van der Waals surface area contributed by atoms with Crippen LogP contribution in [-0.2, 0) is 15.7 Å². The lowest BCUT2D eigenvalue weighted by Gasteiger charge is -2.23. The summed E-state index contributed by atoms with van der Waals surface area (Å²) in [6.07, 6.45) is 1.53. The van der Waals surface area contributed by atoms with E-state index in [4.69, 9.17) is 14.1 Å². The maximum atomic E-state index is 14.2. The highest BCUT2D eigenvalue weighted by Crippen LogP contribution is 2.41. The molecule has 0 saturated heterocycles. The van der Waals surface area contributed by atoms with Crippen molar-refractivity contribution in [1.82, 2.24) is 14.9 Å². The number of furan rings is 1. The Kier molecular flexibility index (Phi) is 8.95. The van der Waals surface area contributed by atoms with Crippen LogP contribution in [0.4, 0.5) is 14.5 Å². The van der Waals surface area contributed by atoms with Gasteiger partial charge in [-0.1, -0.05) is 18.2 Å². The standard InChI is InChI=1S/C36H32F2N4O5S/c1-20-40-29-15-10-23(16-27(29)36(44)42(20)31(19-46-4)21-6-11-24(37)12-7-21)26-17-28-32(18-30(26)41(3)48(5)45)47-34(33(28)35(43)39-2)22-8-13-25(38)14-9-22/h6-18,31H,19H2,1-5H3,(H,39,43)/t31-,48?/m0/s1. The van der Waals surface area contributed by atoms with Crippen LogP contribution in [0.25, 0.3) is 44.3 Å². The highest BCUT2D eigenvalue weighted by Gasteiger charge is 2.26. The molecule has 0 aliphatic rings. The van der Waals surface area contributed by atoms with Gasteiger partial charge < -0.3 is 14.5 Å². The minimum Gasteiger partial charge on any atom is -0.455 e. The van der Waals surface area contributed by atoms with Crippen LogP contribution in [0.3, 0.4) is 0 Å². The first-order chi connectivity index (χ1) is 23.0. The van der Waals surface area contributed by atoms with Gasteiger partial charge in [0.25, 0.3) is 11.5 Å². The maximum Gasteiger partial charge on any atom is 0.262 e. The van der Waals surface area contributed by atoms with Gasteiger partial charge in [0.2, 0.25) is 0 Å². The number of aromatic nitrogens is 2. The number of nitrogens with zero attached hydrogens (tertiary/aromatic N) is 3. The van der Waals surface area contributed by atoms with E-state index < -0.39 is 34.6 Å². The molecule has 0 radical (unpaired) electrons. The second-order valence-electron chi connectivity index (χ2n) is 11.3. The number of ether oxygens (including phenoxy) is 1. The van der Waals surface area contributed by atoms with Crippen molar-refractivity contribution < 1.29 is 26.9 Å². The van der Waals surface area contributed by atoms with E-state index in [1.165, 1.54) is 61.4 Å². The van der Waals surface area contributed by atoms with E-state index in [-0.39, 0.29) is 23.5 Å². The topological polar surface area (TPSA) is 107 Å². The summed E-state index contributed by atoms with van der Waals surface area (Å²) in [7, 11) is 3.25. The van der Waals surface area contributed by atoms with E-state index in [1.807, 2.05) is 6.07 Å². The molecule has 9 nitrogen and oxygen atoms in total. The lowest BCUT2D eigenvalue weighted by molar-refractivity contribution is 0.0964. The fourth-order valence-electron chi connectivity index (χ4n) is 5.92. The van der Waals surface area contributed by atoms with Gasteiger partial charge in [-0.3, -0.25) is 18.5 Å². The van der Waals surface area contributed by atoms with Crippen LogP contribution < -0.4 is 15.2 Å². The molecule has 0 saturated carbocycles. The summed E-state index contributed by atoms with van der Waals surface area (Å²) in [5, 5.41) is 3.45. The van der Waals surface area contributed by atoms with Crippen molar-refractivity contribution in [1.29, 1.82) is 0 Å². The number of nitrogens with one attached hydrogen (secondary N) is 1. The van der Waals surface area contributed by atoms with Gasteiger partial charge in [0.05, 0.1) is 34.8 Å². The molecule has 6 aromatic rings. The van der Waals surface area contributed by atoms with Gasteiger partial charge in [0, 0.05) is 50.0 Å². The highest BCUT2D eigenvalue weighted by atomic mass is 32.2. The van der Waals surface area contributed by atoms with Gasteiger partial charge in [0.1, 0.15) is 39.8 Å². The van der Waals surface area contributed by atoms with Crippen molar-refractivity contribution in [3.63, 3.8) is 0 Å². The summed E-state index contributed by atoms with van der Waals surface area (Å²) in [6, 6.07) is 19.7. The zero-order valence-electron chi connectivity index (χ0n) is 26.8. The molecule has 6 rings (SSSR count). The monoisotopic (exact) mass is 670 g/mol. The summed E-state index contributed by atoms with van der Waals surface area (Å²) in [5.41, 5.74) is 3.63. The van der Waals surface area contributed by atoms with E-state index in [1.54, 1.807) is 54.7 Å². The van der Waals surface area contributed by atoms with E-state index in [2.05, 4.69) is 5.32 Å². The Bertz CT molecular complexity index is 2270. The van der Waals surface area contributed by atoms with Crippen molar-refractivity contribution in [2.45, 2.75) is 13.0 Å². The number of amides is 1. The molecule has 246 valence electrons. The number of carbonyl (C=O) groups excluding carboxylic acids is 1. The molecule has 0 spiro atoms. The number of methoxy groups -OCH3 is 1. The van der Waals surface area contributed by atoms with Crippen molar-refractivity contribution in [2.75, 3.05) is 38.4 Å².